The summed E-state index contributed by atoms with van der Waals surface area (Å²) in [6, 6.07) is 6.30. The molecule has 1 aromatic rings. The molecule has 2 nitrogen and oxygen atoms in total. The van der Waals surface area contributed by atoms with Crippen molar-refractivity contribution in [3.8, 4) is 5.75 Å². The third-order valence-electron chi connectivity index (χ3n) is 2.77. The van der Waals surface area contributed by atoms with Crippen LogP contribution in [0.1, 0.15) is 25.3 Å². The summed E-state index contributed by atoms with van der Waals surface area (Å²) in [5.41, 5.74) is 0.903. The molecule has 1 aromatic carbocycles. The van der Waals surface area contributed by atoms with Gasteiger partial charge in [0.25, 0.3) is 0 Å². The monoisotopic (exact) mass is 198 g/mol. The number of hydrogen-bond acceptors (Lipinski definition) is 2. The standard InChI is InChI=1S/C11H12O2.Na/c1-11(6-7-11)8-2-4-9(12)10(13)5-3-8;/h2-5H,6-7H2,1H3,(H,12,13);/q;+1/p-1. The Kier molecular flexibility index (Phi) is 3.40. The van der Waals surface area contributed by atoms with E-state index in [1.54, 1.807) is 12.1 Å². The van der Waals surface area contributed by atoms with Crippen molar-refractivity contribution in [2.75, 3.05) is 0 Å². The molecule has 0 aromatic heterocycles. The van der Waals surface area contributed by atoms with E-state index in [2.05, 4.69) is 6.92 Å². The summed E-state index contributed by atoms with van der Waals surface area (Å²) >= 11 is 0. The van der Waals surface area contributed by atoms with Crippen molar-refractivity contribution < 1.29 is 34.7 Å². The van der Waals surface area contributed by atoms with Crippen LogP contribution in [0.2, 0.25) is 0 Å². The second-order valence-corrected chi connectivity index (χ2v) is 3.91. The van der Waals surface area contributed by atoms with E-state index >= 15 is 0 Å². The molecule has 0 spiro atoms. The molecule has 0 bridgehead atoms. The van der Waals surface area contributed by atoms with Crippen molar-refractivity contribution in [1.29, 1.82) is 0 Å². The molecule has 0 atom stereocenters. The Hall–Kier alpha value is -0.310. The maximum Gasteiger partial charge on any atom is 1.00 e. The SMILES string of the molecule is CC1(c2ccc([O-])c(=O)cc2)CC1.[Na+]. The van der Waals surface area contributed by atoms with Gasteiger partial charge < -0.3 is 5.11 Å². The molecular weight excluding hydrogens is 187 g/mol. The largest absolute Gasteiger partial charge is 1.00 e. The number of rotatable bonds is 1. The van der Waals surface area contributed by atoms with E-state index in [-0.39, 0.29) is 35.0 Å². The van der Waals surface area contributed by atoms with Crippen LogP contribution in [0, 0.1) is 0 Å². The average Bonchev–Trinajstić information content (AvgIpc) is 2.83. The maximum atomic E-state index is 11.0. The summed E-state index contributed by atoms with van der Waals surface area (Å²) in [6.45, 7) is 2.15. The van der Waals surface area contributed by atoms with Gasteiger partial charge in [-0.05, 0) is 29.9 Å². The molecule has 0 N–H and O–H groups in total. The van der Waals surface area contributed by atoms with E-state index in [9.17, 15) is 9.90 Å². The maximum absolute atomic E-state index is 11.0. The van der Waals surface area contributed by atoms with Crippen LogP contribution in [-0.2, 0) is 5.41 Å². The van der Waals surface area contributed by atoms with Gasteiger partial charge in [-0.2, -0.15) is 0 Å². The van der Waals surface area contributed by atoms with Gasteiger partial charge in [-0.1, -0.05) is 30.9 Å². The first-order chi connectivity index (χ1) is 6.12. The van der Waals surface area contributed by atoms with E-state index in [4.69, 9.17) is 0 Å². The summed E-state index contributed by atoms with van der Waals surface area (Å²) in [6.07, 6.45) is 2.30. The van der Waals surface area contributed by atoms with Crippen molar-refractivity contribution in [3.05, 3.63) is 40.1 Å². The smallest absolute Gasteiger partial charge is 0.870 e. The Morgan fingerprint density at radius 2 is 1.79 bits per heavy atom. The zero-order chi connectivity index (χ0) is 9.47. The van der Waals surface area contributed by atoms with Crippen molar-refractivity contribution in [3.63, 3.8) is 0 Å². The van der Waals surface area contributed by atoms with Crippen LogP contribution in [0.5, 0.6) is 5.75 Å². The van der Waals surface area contributed by atoms with Crippen LogP contribution in [0.4, 0.5) is 0 Å². The quantitative estimate of drug-likeness (QED) is 0.498. The van der Waals surface area contributed by atoms with E-state index in [0.29, 0.717) is 0 Å². The molecular formula is C11H11NaO2. The van der Waals surface area contributed by atoms with Gasteiger partial charge in [0.2, 0.25) is 0 Å². The van der Waals surface area contributed by atoms with Gasteiger partial charge >= 0.3 is 29.6 Å². The van der Waals surface area contributed by atoms with Crippen molar-refractivity contribution in [2.24, 2.45) is 0 Å². The second kappa shape index (κ2) is 4.05. The Bertz CT molecular complexity index is 397. The molecule has 0 heterocycles. The normalized spacial score (nSPS) is 16.9. The summed E-state index contributed by atoms with van der Waals surface area (Å²) < 4.78 is 0. The molecule has 68 valence electrons. The van der Waals surface area contributed by atoms with Gasteiger partial charge in [0.15, 0.2) is 5.43 Å². The van der Waals surface area contributed by atoms with Crippen molar-refractivity contribution >= 4 is 0 Å². The van der Waals surface area contributed by atoms with Crippen LogP contribution >= 0.6 is 0 Å². The molecule has 2 rings (SSSR count). The molecule has 1 aliphatic carbocycles. The van der Waals surface area contributed by atoms with E-state index in [1.165, 1.54) is 12.1 Å². The molecule has 14 heavy (non-hydrogen) atoms. The first kappa shape index (κ1) is 11.8. The molecule has 0 amide bonds. The molecule has 1 aliphatic rings. The van der Waals surface area contributed by atoms with Crippen molar-refractivity contribution in [2.45, 2.75) is 25.2 Å². The fourth-order valence-electron chi connectivity index (χ4n) is 1.43. The fourth-order valence-corrected chi connectivity index (χ4v) is 1.43. The van der Waals surface area contributed by atoms with Gasteiger partial charge in [-0.3, -0.25) is 4.79 Å². The van der Waals surface area contributed by atoms with Crippen LogP contribution in [0.15, 0.2) is 29.1 Å². The fraction of sp³-hybridized carbons (Fsp3) is 0.364. The predicted octanol–water partition coefficient (Wildman–Crippen LogP) is -1.82. The van der Waals surface area contributed by atoms with Crippen LogP contribution in [-0.4, -0.2) is 0 Å². The zero-order valence-corrected chi connectivity index (χ0v) is 10.5. The molecule has 0 aliphatic heterocycles. The Morgan fingerprint density at radius 3 is 2.36 bits per heavy atom. The first-order valence-electron chi connectivity index (χ1n) is 4.44. The average molecular weight is 198 g/mol. The minimum absolute atomic E-state index is 0. The summed E-state index contributed by atoms with van der Waals surface area (Å²) in [5.74, 6) is -0.421. The summed E-state index contributed by atoms with van der Waals surface area (Å²) in [5, 5.41) is 11.0. The third-order valence-corrected chi connectivity index (χ3v) is 2.77. The molecule has 0 radical (unpaired) electrons. The Labute approximate surface area is 105 Å². The van der Waals surface area contributed by atoms with Gasteiger partial charge in [-0.25, -0.2) is 0 Å². The second-order valence-electron chi connectivity index (χ2n) is 3.91. The van der Waals surface area contributed by atoms with Crippen LogP contribution < -0.4 is 40.1 Å². The summed E-state index contributed by atoms with van der Waals surface area (Å²) in [7, 11) is 0. The molecule has 0 saturated heterocycles. The van der Waals surface area contributed by atoms with E-state index < -0.39 is 11.2 Å². The molecule has 3 heteroatoms. The Balaban J connectivity index is 0.000000980. The van der Waals surface area contributed by atoms with Gasteiger partial charge in [0.05, 0.1) is 0 Å². The van der Waals surface area contributed by atoms with E-state index in [1.807, 2.05) is 0 Å². The van der Waals surface area contributed by atoms with Gasteiger partial charge in [0.1, 0.15) is 0 Å². The Morgan fingerprint density at radius 1 is 1.21 bits per heavy atom. The molecule has 1 saturated carbocycles. The molecule has 0 unspecified atom stereocenters. The van der Waals surface area contributed by atoms with Gasteiger partial charge in [0, 0.05) is 0 Å². The minimum Gasteiger partial charge on any atom is -0.870 e. The first-order valence-corrected chi connectivity index (χ1v) is 4.44. The van der Waals surface area contributed by atoms with Crippen LogP contribution in [0.3, 0.4) is 0 Å². The third kappa shape index (κ3) is 2.19. The van der Waals surface area contributed by atoms with E-state index in [0.717, 1.165) is 18.4 Å². The van der Waals surface area contributed by atoms with Crippen molar-refractivity contribution in [1.82, 2.24) is 0 Å². The number of hydrogen-bond donors (Lipinski definition) is 0. The van der Waals surface area contributed by atoms with Gasteiger partial charge in [-0.15, -0.1) is 0 Å². The minimum atomic E-state index is -0.421. The topological polar surface area (TPSA) is 40.1 Å². The summed E-state index contributed by atoms with van der Waals surface area (Å²) in [4.78, 5) is 11.0. The zero-order valence-electron chi connectivity index (χ0n) is 8.54. The predicted molar refractivity (Wildman–Crippen MR) is 48.7 cm³/mol. The molecule has 1 fully saturated rings. The van der Waals surface area contributed by atoms with Crippen LogP contribution in [0.25, 0.3) is 0 Å².